The van der Waals surface area contributed by atoms with Crippen LogP contribution in [0.25, 0.3) is 0 Å². The summed E-state index contributed by atoms with van der Waals surface area (Å²) in [7, 11) is -4.19. The number of halogens is 3. The standard InChI is InChI=1S/C22H22F3N5O2S/c1-15-26-20(14-21(27-15)30-11-2-3-12-30)28-17-7-9-18(10-8-17)29-33(31,32)19-6-4-5-16(13-19)22(23,24)25/h4-10,13-14,29H,2-3,11-12H2,1H3,(H,26,27,28). The topological polar surface area (TPSA) is 87.2 Å². The molecule has 0 amide bonds. The molecule has 2 aromatic carbocycles. The average Bonchev–Trinajstić information content (AvgIpc) is 3.29. The molecule has 1 saturated heterocycles. The minimum atomic E-state index is -4.63. The van der Waals surface area contributed by atoms with E-state index < -0.39 is 26.7 Å². The highest BCUT2D eigenvalue weighted by atomic mass is 32.2. The first-order valence-corrected chi connectivity index (χ1v) is 11.8. The second kappa shape index (κ2) is 8.89. The highest BCUT2D eigenvalue weighted by Gasteiger charge is 2.31. The van der Waals surface area contributed by atoms with E-state index >= 15 is 0 Å². The predicted molar refractivity (Wildman–Crippen MR) is 120 cm³/mol. The van der Waals surface area contributed by atoms with Gasteiger partial charge in [-0.15, -0.1) is 0 Å². The maximum Gasteiger partial charge on any atom is 0.416 e. The molecule has 0 radical (unpaired) electrons. The van der Waals surface area contributed by atoms with Crippen molar-refractivity contribution in [1.29, 1.82) is 0 Å². The summed E-state index contributed by atoms with van der Waals surface area (Å²) >= 11 is 0. The number of benzene rings is 2. The molecule has 2 N–H and O–H groups in total. The molecule has 1 aliphatic heterocycles. The number of aromatic nitrogens is 2. The van der Waals surface area contributed by atoms with E-state index in [1.807, 2.05) is 13.0 Å². The van der Waals surface area contributed by atoms with E-state index in [2.05, 4.69) is 24.9 Å². The van der Waals surface area contributed by atoms with Crippen LogP contribution in [0.5, 0.6) is 0 Å². The maximum atomic E-state index is 12.9. The van der Waals surface area contributed by atoms with Crippen molar-refractivity contribution in [2.24, 2.45) is 0 Å². The highest BCUT2D eigenvalue weighted by Crippen LogP contribution is 2.31. The fourth-order valence-corrected chi connectivity index (χ4v) is 4.65. The van der Waals surface area contributed by atoms with E-state index in [9.17, 15) is 21.6 Å². The molecule has 11 heteroatoms. The van der Waals surface area contributed by atoms with Crippen LogP contribution in [0.1, 0.15) is 24.2 Å². The average molecular weight is 478 g/mol. The van der Waals surface area contributed by atoms with Crippen molar-refractivity contribution in [3.8, 4) is 0 Å². The van der Waals surface area contributed by atoms with Crippen molar-refractivity contribution >= 4 is 33.0 Å². The molecule has 0 unspecified atom stereocenters. The van der Waals surface area contributed by atoms with E-state index in [0.717, 1.165) is 49.9 Å². The fourth-order valence-electron chi connectivity index (χ4n) is 3.55. The van der Waals surface area contributed by atoms with Gasteiger partial charge in [-0.2, -0.15) is 13.2 Å². The first kappa shape index (κ1) is 22.8. The van der Waals surface area contributed by atoms with E-state index in [1.165, 1.54) is 12.1 Å². The van der Waals surface area contributed by atoms with Gasteiger partial charge in [0, 0.05) is 30.5 Å². The van der Waals surface area contributed by atoms with Crippen LogP contribution < -0.4 is 14.9 Å². The van der Waals surface area contributed by atoms with E-state index in [1.54, 1.807) is 12.1 Å². The number of nitrogens with zero attached hydrogens (tertiary/aromatic N) is 3. The van der Waals surface area contributed by atoms with Gasteiger partial charge >= 0.3 is 6.18 Å². The number of alkyl halides is 3. The monoisotopic (exact) mass is 477 g/mol. The molecule has 3 aromatic rings. The normalized spacial score (nSPS) is 14.4. The van der Waals surface area contributed by atoms with Crippen LogP contribution in [0, 0.1) is 6.92 Å². The molecular weight excluding hydrogens is 455 g/mol. The van der Waals surface area contributed by atoms with E-state index in [4.69, 9.17) is 0 Å². The lowest BCUT2D eigenvalue weighted by molar-refractivity contribution is -0.137. The third-order valence-corrected chi connectivity index (χ3v) is 6.51. The fraction of sp³-hybridized carbons (Fsp3) is 0.273. The summed E-state index contributed by atoms with van der Waals surface area (Å²) in [6.07, 6.45) is -2.37. The van der Waals surface area contributed by atoms with E-state index in [0.29, 0.717) is 23.4 Å². The van der Waals surface area contributed by atoms with Gasteiger partial charge in [0.1, 0.15) is 17.5 Å². The molecule has 33 heavy (non-hydrogen) atoms. The number of hydrogen-bond donors (Lipinski definition) is 2. The van der Waals surface area contributed by atoms with Crippen molar-refractivity contribution in [3.63, 3.8) is 0 Å². The summed E-state index contributed by atoms with van der Waals surface area (Å²) in [6, 6.07) is 11.8. The molecule has 174 valence electrons. The smallest absolute Gasteiger partial charge is 0.356 e. The zero-order valence-electron chi connectivity index (χ0n) is 17.7. The molecule has 4 rings (SSSR count). The van der Waals surface area contributed by atoms with Crippen LogP contribution >= 0.6 is 0 Å². The summed E-state index contributed by atoms with van der Waals surface area (Å²) in [5.74, 6) is 2.10. The molecule has 0 saturated carbocycles. The summed E-state index contributed by atoms with van der Waals surface area (Å²) in [6.45, 7) is 3.73. The van der Waals surface area contributed by atoms with Gasteiger partial charge in [0.15, 0.2) is 0 Å². The van der Waals surface area contributed by atoms with Crippen molar-refractivity contribution < 1.29 is 21.6 Å². The minimum absolute atomic E-state index is 0.217. The van der Waals surface area contributed by atoms with Crippen molar-refractivity contribution in [3.05, 3.63) is 66.0 Å². The molecule has 0 aliphatic carbocycles. The van der Waals surface area contributed by atoms with Gasteiger partial charge in [-0.1, -0.05) is 6.07 Å². The number of sulfonamides is 1. The summed E-state index contributed by atoms with van der Waals surface area (Å²) in [5, 5.41) is 3.17. The maximum absolute atomic E-state index is 12.9. The SMILES string of the molecule is Cc1nc(Nc2ccc(NS(=O)(=O)c3cccc(C(F)(F)F)c3)cc2)cc(N2CCCC2)n1. The Hall–Kier alpha value is -3.34. The third-order valence-electron chi connectivity index (χ3n) is 5.14. The van der Waals surface area contributed by atoms with Gasteiger partial charge in [-0.25, -0.2) is 18.4 Å². The van der Waals surface area contributed by atoms with Crippen LogP contribution in [0.2, 0.25) is 0 Å². The Morgan fingerprint density at radius 1 is 0.939 bits per heavy atom. The highest BCUT2D eigenvalue weighted by molar-refractivity contribution is 7.92. The van der Waals surface area contributed by atoms with Gasteiger partial charge in [-0.3, -0.25) is 4.72 Å². The second-order valence-electron chi connectivity index (χ2n) is 7.69. The lowest BCUT2D eigenvalue weighted by Gasteiger charge is -2.18. The van der Waals surface area contributed by atoms with Crippen molar-refractivity contribution in [2.75, 3.05) is 28.0 Å². The lowest BCUT2D eigenvalue weighted by atomic mass is 10.2. The van der Waals surface area contributed by atoms with Crippen LogP contribution in [0.15, 0.2) is 59.5 Å². The summed E-state index contributed by atoms with van der Waals surface area (Å²) in [5.41, 5.74) is -0.143. The summed E-state index contributed by atoms with van der Waals surface area (Å²) in [4.78, 5) is 10.6. The Morgan fingerprint density at radius 2 is 1.61 bits per heavy atom. The molecule has 1 aromatic heterocycles. The van der Waals surface area contributed by atoms with Crippen LogP contribution in [-0.2, 0) is 16.2 Å². The molecule has 7 nitrogen and oxygen atoms in total. The Balaban J connectivity index is 1.48. The molecule has 0 atom stereocenters. The largest absolute Gasteiger partial charge is 0.416 e. The number of nitrogens with one attached hydrogen (secondary N) is 2. The Bertz CT molecular complexity index is 1240. The molecule has 0 spiro atoms. The molecule has 1 aliphatic rings. The van der Waals surface area contributed by atoms with Gasteiger partial charge < -0.3 is 10.2 Å². The lowest BCUT2D eigenvalue weighted by Crippen LogP contribution is -2.19. The molecule has 0 bridgehead atoms. The zero-order valence-corrected chi connectivity index (χ0v) is 18.5. The first-order chi connectivity index (χ1) is 15.6. The number of hydrogen-bond acceptors (Lipinski definition) is 6. The van der Waals surface area contributed by atoms with Crippen LogP contribution in [0.3, 0.4) is 0 Å². The van der Waals surface area contributed by atoms with Crippen molar-refractivity contribution in [2.45, 2.75) is 30.8 Å². The zero-order chi connectivity index (χ0) is 23.6. The van der Waals surface area contributed by atoms with Crippen LogP contribution in [0.4, 0.5) is 36.2 Å². The second-order valence-corrected chi connectivity index (χ2v) is 9.37. The first-order valence-electron chi connectivity index (χ1n) is 10.3. The molecule has 2 heterocycles. The number of rotatable bonds is 6. The van der Waals surface area contributed by atoms with Crippen molar-refractivity contribution in [1.82, 2.24) is 9.97 Å². The molecule has 1 fully saturated rings. The Morgan fingerprint density at radius 3 is 2.27 bits per heavy atom. The minimum Gasteiger partial charge on any atom is -0.356 e. The van der Waals surface area contributed by atoms with Gasteiger partial charge in [0.2, 0.25) is 0 Å². The quantitative estimate of drug-likeness (QED) is 0.523. The Kier molecular flexibility index (Phi) is 6.15. The number of anilines is 4. The third kappa shape index (κ3) is 5.54. The number of aryl methyl sites for hydroxylation is 1. The van der Waals surface area contributed by atoms with Gasteiger partial charge in [0.25, 0.3) is 10.0 Å². The van der Waals surface area contributed by atoms with Gasteiger partial charge in [0.05, 0.1) is 10.5 Å². The van der Waals surface area contributed by atoms with Gasteiger partial charge in [-0.05, 0) is 62.2 Å². The molecular formula is C22H22F3N5O2S. The van der Waals surface area contributed by atoms with Crippen LogP contribution in [-0.4, -0.2) is 31.5 Å². The summed E-state index contributed by atoms with van der Waals surface area (Å²) < 4.78 is 66.1. The predicted octanol–water partition coefficient (Wildman–Crippen LogP) is 4.95. The Labute approximate surface area is 189 Å². The van der Waals surface area contributed by atoms with E-state index in [-0.39, 0.29) is 5.69 Å².